The van der Waals surface area contributed by atoms with Crippen LogP contribution in [-0.2, 0) is 0 Å². The summed E-state index contributed by atoms with van der Waals surface area (Å²) in [5.41, 5.74) is 9.41. The summed E-state index contributed by atoms with van der Waals surface area (Å²) >= 11 is 1.87. The van der Waals surface area contributed by atoms with Crippen LogP contribution in [0.5, 0.6) is 0 Å². The zero-order valence-electron chi connectivity index (χ0n) is 25.8. The van der Waals surface area contributed by atoms with Gasteiger partial charge in [0.15, 0.2) is 0 Å². The molecule has 1 nitrogen and oxygen atoms in total. The Hall–Kier alpha value is -5.96. The lowest BCUT2D eigenvalue weighted by molar-refractivity contribution is 0.669. The number of hydrogen-bond acceptors (Lipinski definition) is 2. The summed E-state index contributed by atoms with van der Waals surface area (Å²) in [5, 5.41) is 12.5. The second-order valence-electron chi connectivity index (χ2n) is 12.8. The minimum Gasteiger partial charge on any atom is -0.456 e. The van der Waals surface area contributed by atoms with Gasteiger partial charge in [0.1, 0.15) is 11.2 Å². The van der Waals surface area contributed by atoms with E-state index in [0.29, 0.717) is 0 Å². The van der Waals surface area contributed by atoms with Crippen LogP contribution in [0.25, 0.3) is 108 Å². The summed E-state index contributed by atoms with van der Waals surface area (Å²) in [4.78, 5) is 0. The first-order valence-electron chi connectivity index (χ1n) is 16.4. The largest absolute Gasteiger partial charge is 0.456 e. The molecule has 0 saturated heterocycles. The van der Waals surface area contributed by atoms with E-state index in [9.17, 15) is 0 Å². The average Bonchev–Trinajstić information content (AvgIpc) is 3.72. The van der Waals surface area contributed by atoms with E-state index in [1.165, 1.54) is 96.6 Å². The molecule has 0 bridgehead atoms. The number of furan rings is 1. The second-order valence-corrected chi connectivity index (χ2v) is 13.8. The molecule has 2 aromatic heterocycles. The highest BCUT2D eigenvalue weighted by molar-refractivity contribution is 7.25. The Labute approximate surface area is 280 Å². The average molecular weight is 627 g/mol. The van der Waals surface area contributed by atoms with Gasteiger partial charge < -0.3 is 4.42 Å². The van der Waals surface area contributed by atoms with Gasteiger partial charge in [-0.2, -0.15) is 0 Å². The van der Waals surface area contributed by atoms with Crippen LogP contribution < -0.4 is 0 Å². The molecule has 2 heterocycles. The molecule has 9 aromatic carbocycles. The molecule has 0 amide bonds. The van der Waals surface area contributed by atoms with Gasteiger partial charge in [-0.05, 0) is 96.0 Å². The van der Waals surface area contributed by atoms with E-state index >= 15 is 0 Å². The van der Waals surface area contributed by atoms with Crippen LogP contribution in [0.15, 0.2) is 162 Å². The molecule has 0 atom stereocenters. The third-order valence-electron chi connectivity index (χ3n) is 10.2. The third kappa shape index (κ3) is 3.55. The molecule has 0 aliphatic rings. The van der Waals surface area contributed by atoms with Crippen LogP contribution in [0.2, 0.25) is 0 Å². The van der Waals surface area contributed by atoms with Gasteiger partial charge in [-0.15, -0.1) is 11.3 Å². The zero-order chi connectivity index (χ0) is 31.3. The summed E-state index contributed by atoms with van der Waals surface area (Å²) in [6, 6.07) is 57.9. The molecule has 0 aliphatic heterocycles. The fourth-order valence-electron chi connectivity index (χ4n) is 8.23. The molecule has 0 radical (unpaired) electrons. The standard InChI is InChI=1S/C46H26OS/c1-2-14-32(29(12-1)27-23-24-31-30-13-7-8-22-41(30)48-42(31)26-27)44-33-15-3-5-17-35(33)45(36-18-6-4-16-34(36)44)38-25-28-11-9-20-39-43(28)46-37(38)19-10-21-40(46)47-39/h1-26H. The van der Waals surface area contributed by atoms with Crippen LogP contribution >= 0.6 is 11.3 Å². The monoisotopic (exact) mass is 626 g/mol. The molecule has 0 fully saturated rings. The van der Waals surface area contributed by atoms with Crippen LogP contribution in [0.4, 0.5) is 0 Å². The van der Waals surface area contributed by atoms with Gasteiger partial charge in [0.25, 0.3) is 0 Å². The minimum absolute atomic E-state index is 0.940. The predicted octanol–water partition coefficient (Wildman–Crippen LogP) is 13.9. The fraction of sp³-hybridized carbons (Fsp3) is 0. The van der Waals surface area contributed by atoms with Crippen molar-refractivity contribution in [3.05, 3.63) is 158 Å². The molecule has 0 aliphatic carbocycles. The summed E-state index contributed by atoms with van der Waals surface area (Å²) in [6.07, 6.45) is 0. The van der Waals surface area contributed by atoms with E-state index in [1.807, 2.05) is 11.3 Å². The molecule has 0 unspecified atom stereocenters. The highest BCUT2D eigenvalue weighted by atomic mass is 32.1. The van der Waals surface area contributed by atoms with Gasteiger partial charge >= 0.3 is 0 Å². The highest BCUT2D eigenvalue weighted by Crippen LogP contribution is 2.50. The molecule has 0 saturated carbocycles. The maximum atomic E-state index is 6.36. The SMILES string of the molecule is c1ccc(-c2c3ccccc3c(-c3cc4cccc5oc6cccc3c6c45)c3ccccc23)c(-c2ccc3c(c2)sc2ccccc23)c1. The number of benzene rings is 9. The maximum Gasteiger partial charge on any atom is 0.136 e. The molecule has 2 heteroatoms. The van der Waals surface area contributed by atoms with Crippen molar-refractivity contribution in [1.29, 1.82) is 0 Å². The molecule has 48 heavy (non-hydrogen) atoms. The van der Waals surface area contributed by atoms with Crippen LogP contribution in [0.3, 0.4) is 0 Å². The summed E-state index contributed by atoms with van der Waals surface area (Å²) < 4.78 is 9.01. The quantitative estimate of drug-likeness (QED) is 0.140. The highest BCUT2D eigenvalue weighted by Gasteiger charge is 2.22. The second kappa shape index (κ2) is 9.78. The van der Waals surface area contributed by atoms with E-state index < -0.39 is 0 Å². The normalized spacial score (nSPS) is 12.2. The van der Waals surface area contributed by atoms with Crippen LogP contribution in [0, 0.1) is 0 Å². The van der Waals surface area contributed by atoms with E-state index in [0.717, 1.165) is 11.2 Å². The smallest absolute Gasteiger partial charge is 0.136 e. The van der Waals surface area contributed by atoms with Crippen molar-refractivity contribution in [3.63, 3.8) is 0 Å². The fourth-order valence-corrected chi connectivity index (χ4v) is 9.38. The molecule has 222 valence electrons. The van der Waals surface area contributed by atoms with E-state index in [1.54, 1.807) is 0 Å². The maximum absolute atomic E-state index is 6.36. The minimum atomic E-state index is 0.940. The van der Waals surface area contributed by atoms with Crippen molar-refractivity contribution in [2.45, 2.75) is 0 Å². The van der Waals surface area contributed by atoms with Crippen LogP contribution in [-0.4, -0.2) is 0 Å². The Bertz CT molecular complexity index is 3010. The summed E-state index contributed by atoms with van der Waals surface area (Å²) in [6.45, 7) is 0. The molecular formula is C46H26OS. The Morgan fingerprint density at radius 2 is 0.917 bits per heavy atom. The number of fused-ring (bicyclic) bond motifs is 5. The van der Waals surface area contributed by atoms with Crippen molar-refractivity contribution in [1.82, 2.24) is 0 Å². The Morgan fingerprint density at radius 3 is 1.67 bits per heavy atom. The van der Waals surface area contributed by atoms with Gasteiger partial charge in [0.05, 0.1) is 0 Å². The van der Waals surface area contributed by atoms with Gasteiger partial charge in [-0.1, -0.05) is 127 Å². The van der Waals surface area contributed by atoms with Crippen molar-refractivity contribution in [2.24, 2.45) is 0 Å². The Balaban J connectivity index is 1.23. The van der Waals surface area contributed by atoms with E-state index in [-0.39, 0.29) is 0 Å². The third-order valence-corrected chi connectivity index (χ3v) is 11.4. The van der Waals surface area contributed by atoms with E-state index in [2.05, 4.69) is 158 Å². The first-order chi connectivity index (χ1) is 23.8. The summed E-state index contributed by atoms with van der Waals surface area (Å²) in [5.74, 6) is 0. The lowest BCUT2D eigenvalue weighted by atomic mass is 9.82. The number of rotatable bonds is 3. The Morgan fingerprint density at radius 1 is 0.354 bits per heavy atom. The van der Waals surface area contributed by atoms with Gasteiger partial charge in [0.2, 0.25) is 0 Å². The molecule has 11 rings (SSSR count). The topological polar surface area (TPSA) is 13.1 Å². The first kappa shape index (κ1) is 26.1. The van der Waals surface area contributed by atoms with Crippen molar-refractivity contribution in [3.8, 4) is 33.4 Å². The number of thiophene rings is 1. The van der Waals surface area contributed by atoms with Crippen molar-refractivity contribution in [2.75, 3.05) is 0 Å². The molecule has 0 N–H and O–H groups in total. The van der Waals surface area contributed by atoms with Crippen molar-refractivity contribution < 1.29 is 4.42 Å². The van der Waals surface area contributed by atoms with E-state index in [4.69, 9.17) is 4.42 Å². The molecular weight excluding hydrogens is 601 g/mol. The van der Waals surface area contributed by atoms with Crippen LogP contribution in [0.1, 0.15) is 0 Å². The van der Waals surface area contributed by atoms with Gasteiger partial charge in [-0.3, -0.25) is 0 Å². The van der Waals surface area contributed by atoms with Gasteiger partial charge in [0, 0.05) is 30.9 Å². The molecule has 11 aromatic rings. The van der Waals surface area contributed by atoms with Crippen molar-refractivity contribution >= 4 is 85.8 Å². The Kier molecular flexibility index (Phi) is 5.32. The number of hydrogen-bond donors (Lipinski definition) is 0. The predicted molar refractivity (Wildman–Crippen MR) is 207 cm³/mol. The molecule has 0 spiro atoms. The van der Waals surface area contributed by atoms with Gasteiger partial charge in [-0.25, -0.2) is 0 Å². The summed E-state index contributed by atoms with van der Waals surface area (Å²) in [7, 11) is 0. The zero-order valence-corrected chi connectivity index (χ0v) is 26.6. The lowest BCUT2D eigenvalue weighted by Gasteiger charge is -2.20. The lowest BCUT2D eigenvalue weighted by Crippen LogP contribution is -1.93. The first-order valence-corrected chi connectivity index (χ1v) is 17.2.